The Bertz CT molecular complexity index is 460. The van der Waals surface area contributed by atoms with Gasteiger partial charge in [-0.25, -0.2) is 5.48 Å². The molecule has 4 nitrogen and oxygen atoms in total. The van der Waals surface area contributed by atoms with Gasteiger partial charge < -0.3 is 5.11 Å². The third-order valence-electron chi connectivity index (χ3n) is 2.34. The normalized spacial score (nSPS) is 9.88. The molecular weight excluding hydrogens is 218 g/mol. The zero-order valence-electron chi connectivity index (χ0n) is 10.5. The van der Waals surface area contributed by atoms with Gasteiger partial charge in [0.2, 0.25) is 0 Å². The van der Waals surface area contributed by atoms with Crippen LogP contribution in [0.1, 0.15) is 25.0 Å². The molecule has 0 fully saturated rings. The summed E-state index contributed by atoms with van der Waals surface area (Å²) in [6, 6.07) is 5.14. The molecule has 0 atom stereocenters. The highest BCUT2D eigenvalue weighted by atomic mass is 16.6. The van der Waals surface area contributed by atoms with Crippen molar-refractivity contribution >= 4 is 11.5 Å². The Morgan fingerprint density at radius 2 is 2.00 bits per heavy atom. The number of hydrogen-bond donors (Lipinski definition) is 2. The lowest BCUT2D eigenvalue weighted by Crippen LogP contribution is -2.23. The Labute approximate surface area is 101 Å². The predicted octanol–water partition coefficient (Wildman–Crippen LogP) is 2.17. The van der Waals surface area contributed by atoms with Crippen LogP contribution in [0.15, 0.2) is 23.8 Å². The molecule has 0 bridgehead atoms. The number of carbonyl (C=O) groups excluding carboxylic acids is 1. The molecule has 17 heavy (non-hydrogen) atoms. The number of hydroxylamine groups is 1. The number of nitrogens with one attached hydrogen (secondary N) is 1. The highest BCUT2D eigenvalue weighted by Gasteiger charge is 2.17. The van der Waals surface area contributed by atoms with Gasteiger partial charge in [-0.1, -0.05) is 17.2 Å². The summed E-state index contributed by atoms with van der Waals surface area (Å²) in [5, 5.41) is 9.82. The predicted molar refractivity (Wildman–Crippen MR) is 66.3 cm³/mol. The highest BCUT2D eigenvalue weighted by Crippen LogP contribution is 2.28. The highest BCUT2D eigenvalue weighted by molar-refractivity contribution is 6.20. The lowest BCUT2D eigenvalue weighted by Gasteiger charge is -2.12. The van der Waals surface area contributed by atoms with Crippen LogP contribution in [0.2, 0.25) is 0 Å². The monoisotopic (exact) mass is 235 g/mol. The second-order valence-corrected chi connectivity index (χ2v) is 4.03. The molecule has 1 aromatic carbocycles. The summed E-state index contributed by atoms with van der Waals surface area (Å²) < 4.78 is 0. The number of hydrogen-bond acceptors (Lipinski definition) is 3. The van der Waals surface area contributed by atoms with E-state index in [1.807, 2.05) is 20.8 Å². The number of phenols is 1. The van der Waals surface area contributed by atoms with Crippen LogP contribution in [0.4, 0.5) is 0 Å². The van der Waals surface area contributed by atoms with Gasteiger partial charge in [0, 0.05) is 5.56 Å². The zero-order chi connectivity index (χ0) is 13.0. The molecule has 0 aromatic heterocycles. The summed E-state index contributed by atoms with van der Waals surface area (Å²) in [4.78, 5) is 16.5. The van der Waals surface area contributed by atoms with Gasteiger partial charge in [-0.05, 0) is 32.9 Å². The van der Waals surface area contributed by atoms with E-state index in [0.29, 0.717) is 11.1 Å². The van der Waals surface area contributed by atoms with Gasteiger partial charge >= 0.3 is 0 Å². The third-order valence-corrected chi connectivity index (χ3v) is 2.34. The first-order valence-corrected chi connectivity index (χ1v) is 5.28. The average molecular weight is 235 g/mol. The number of amides is 1. The smallest absolute Gasteiger partial charge is 0.275 e. The van der Waals surface area contributed by atoms with E-state index in [-0.39, 0.29) is 11.7 Å². The molecule has 1 rings (SSSR count). The average Bonchev–Trinajstić information content (AvgIpc) is 2.23. The van der Waals surface area contributed by atoms with E-state index in [0.717, 1.165) is 11.1 Å². The van der Waals surface area contributed by atoms with E-state index in [4.69, 9.17) is 0 Å². The molecule has 0 spiro atoms. The van der Waals surface area contributed by atoms with E-state index in [1.54, 1.807) is 18.2 Å². The topological polar surface area (TPSA) is 58.6 Å². The molecule has 0 unspecified atom stereocenters. The number of phenolic OH excluding ortho intramolecular Hbond substituents is 1. The number of aromatic hydroxyl groups is 1. The van der Waals surface area contributed by atoms with Crippen molar-refractivity contribution in [2.45, 2.75) is 20.8 Å². The quantitative estimate of drug-likeness (QED) is 0.623. The SMILES string of the molecule is CONC(=O)C(=C(C)C)c1cc(C)ccc1O. The van der Waals surface area contributed by atoms with Crippen LogP contribution in [-0.4, -0.2) is 18.1 Å². The van der Waals surface area contributed by atoms with Crippen molar-refractivity contribution in [2.24, 2.45) is 0 Å². The van der Waals surface area contributed by atoms with Crippen molar-refractivity contribution < 1.29 is 14.7 Å². The molecule has 0 aliphatic heterocycles. The largest absolute Gasteiger partial charge is 0.507 e. The molecule has 2 N–H and O–H groups in total. The Balaban J connectivity index is 3.30. The lowest BCUT2D eigenvalue weighted by molar-refractivity contribution is -0.125. The summed E-state index contributed by atoms with van der Waals surface area (Å²) in [5.74, 6) is -0.286. The molecule has 0 aliphatic rings. The van der Waals surface area contributed by atoms with Gasteiger partial charge in [-0.3, -0.25) is 9.63 Å². The molecule has 0 aliphatic carbocycles. The number of carbonyl (C=O) groups is 1. The standard InChI is InChI=1S/C13H17NO3/c1-8(2)12(13(16)14-17-4)10-7-9(3)5-6-11(10)15/h5-7,15H,1-4H3,(H,14,16). The molecule has 1 amide bonds. The van der Waals surface area contributed by atoms with Crippen LogP contribution in [0.25, 0.3) is 5.57 Å². The number of benzene rings is 1. The van der Waals surface area contributed by atoms with Gasteiger partial charge in [0.25, 0.3) is 5.91 Å². The second-order valence-electron chi connectivity index (χ2n) is 4.03. The maximum Gasteiger partial charge on any atom is 0.275 e. The van der Waals surface area contributed by atoms with Gasteiger partial charge in [0.05, 0.1) is 12.7 Å². The van der Waals surface area contributed by atoms with Crippen molar-refractivity contribution in [2.75, 3.05) is 7.11 Å². The Kier molecular flexibility index (Phi) is 4.29. The van der Waals surface area contributed by atoms with E-state index < -0.39 is 0 Å². The van der Waals surface area contributed by atoms with Crippen molar-refractivity contribution in [3.05, 3.63) is 34.9 Å². The van der Waals surface area contributed by atoms with Crippen molar-refractivity contribution in [1.29, 1.82) is 0 Å². The van der Waals surface area contributed by atoms with Crippen molar-refractivity contribution in [1.82, 2.24) is 5.48 Å². The molecular formula is C13H17NO3. The molecule has 0 radical (unpaired) electrons. The first kappa shape index (κ1) is 13.3. The van der Waals surface area contributed by atoms with Crippen LogP contribution in [-0.2, 0) is 9.63 Å². The minimum atomic E-state index is -0.367. The van der Waals surface area contributed by atoms with E-state index in [1.165, 1.54) is 7.11 Å². The fourth-order valence-electron chi connectivity index (χ4n) is 1.61. The van der Waals surface area contributed by atoms with Gasteiger partial charge in [-0.15, -0.1) is 0 Å². The summed E-state index contributed by atoms with van der Waals surface area (Å²) in [5.41, 5.74) is 4.98. The maximum absolute atomic E-state index is 11.8. The summed E-state index contributed by atoms with van der Waals surface area (Å²) in [6.07, 6.45) is 0. The molecule has 0 heterocycles. The van der Waals surface area contributed by atoms with Crippen LogP contribution in [0.5, 0.6) is 5.75 Å². The molecule has 0 saturated carbocycles. The molecule has 4 heteroatoms. The van der Waals surface area contributed by atoms with Crippen molar-refractivity contribution in [3.8, 4) is 5.75 Å². The fourth-order valence-corrected chi connectivity index (χ4v) is 1.61. The summed E-state index contributed by atoms with van der Waals surface area (Å²) in [6.45, 7) is 5.53. The first-order chi connectivity index (χ1) is 7.97. The van der Waals surface area contributed by atoms with Gasteiger partial charge in [0.15, 0.2) is 0 Å². The minimum Gasteiger partial charge on any atom is -0.507 e. The molecule has 1 aromatic rings. The van der Waals surface area contributed by atoms with E-state index in [2.05, 4.69) is 10.3 Å². The van der Waals surface area contributed by atoms with Crippen LogP contribution >= 0.6 is 0 Å². The number of allylic oxidation sites excluding steroid dienone is 1. The number of aryl methyl sites for hydroxylation is 1. The number of rotatable bonds is 3. The summed E-state index contributed by atoms with van der Waals surface area (Å²) >= 11 is 0. The fraction of sp³-hybridized carbons (Fsp3) is 0.308. The van der Waals surface area contributed by atoms with Crippen LogP contribution in [0.3, 0.4) is 0 Å². The van der Waals surface area contributed by atoms with Crippen LogP contribution in [0, 0.1) is 6.92 Å². The summed E-state index contributed by atoms with van der Waals surface area (Å²) in [7, 11) is 1.37. The van der Waals surface area contributed by atoms with Crippen molar-refractivity contribution in [3.63, 3.8) is 0 Å². The first-order valence-electron chi connectivity index (χ1n) is 5.28. The van der Waals surface area contributed by atoms with Crippen LogP contribution < -0.4 is 5.48 Å². The third kappa shape index (κ3) is 3.07. The Morgan fingerprint density at radius 1 is 1.35 bits per heavy atom. The van der Waals surface area contributed by atoms with Gasteiger partial charge in [-0.2, -0.15) is 0 Å². The minimum absolute atomic E-state index is 0.0815. The second kappa shape index (κ2) is 5.50. The Hall–Kier alpha value is -1.81. The van der Waals surface area contributed by atoms with Gasteiger partial charge in [0.1, 0.15) is 5.75 Å². The lowest BCUT2D eigenvalue weighted by atomic mass is 9.98. The maximum atomic E-state index is 11.8. The molecule has 0 saturated heterocycles. The van der Waals surface area contributed by atoms with E-state index in [9.17, 15) is 9.90 Å². The Morgan fingerprint density at radius 3 is 2.53 bits per heavy atom. The zero-order valence-corrected chi connectivity index (χ0v) is 10.5. The molecule has 92 valence electrons. The van der Waals surface area contributed by atoms with E-state index >= 15 is 0 Å².